The first-order valence-electron chi connectivity index (χ1n) is 6.25. The van der Waals surface area contributed by atoms with Crippen LogP contribution in [0.25, 0.3) is 0 Å². The van der Waals surface area contributed by atoms with Crippen LogP contribution in [0.1, 0.15) is 24.8 Å². The molecule has 0 aromatic heterocycles. The lowest BCUT2D eigenvalue weighted by atomic mass is 9.85. The van der Waals surface area contributed by atoms with Crippen molar-refractivity contribution in [2.75, 3.05) is 25.5 Å². The summed E-state index contributed by atoms with van der Waals surface area (Å²) in [4.78, 5) is 2.41. The molecule has 0 aliphatic heterocycles. The van der Waals surface area contributed by atoms with E-state index in [0.29, 0.717) is 0 Å². The van der Waals surface area contributed by atoms with Gasteiger partial charge < -0.3 is 10.2 Å². The summed E-state index contributed by atoms with van der Waals surface area (Å²) in [5.74, 6) is 0.924. The number of hydrogen-bond acceptors (Lipinski definition) is 2. The third-order valence-electron chi connectivity index (χ3n) is 3.53. The summed E-state index contributed by atoms with van der Waals surface area (Å²) in [6.45, 7) is 2.16. The maximum absolute atomic E-state index is 3.23. The molecule has 16 heavy (non-hydrogen) atoms. The van der Waals surface area contributed by atoms with Gasteiger partial charge in [0.1, 0.15) is 0 Å². The highest BCUT2D eigenvalue weighted by Gasteiger charge is 2.19. The lowest BCUT2D eigenvalue weighted by Gasteiger charge is -2.32. The van der Waals surface area contributed by atoms with Crippen molar-refractivity contribution in [3.8, 4) is 0 Å². The summed E-state index contributed by atoms with van der Waals surface area (Å²) < 4.78 is 0. The zero-order valence-corrected chi connectivity index (χ0v) is 10.4. The van der Waals surface area contributed by atoms with Crippen LogP contribution in [-0.2, 0) is 6.54 Å². The number of benzene rings is 1. The number of anilines is 1. The van der Waals surface area contributed by atoms with Crippen molar-refractivity contribution < 1.29 is 0 Å². The van der Waals surface area contributed by atoms with Crippen molar-refractivity contribution >= 4 is 5.69 Å². The van der Waals surface area contributed by atoms with Gasteiger partial charge in [-0.05, 0) is 37.4 Å². The highest BCUT2D eigenvalue weighted by molar-refractivity contribution is 5.53. The van der Waals surface area contributed by atoms with Crippen LogP contribution >= 0.6 is 0 Å². The standard InChI is InChI=1S/C14H22N2/c1-15-10-13-8-3-4-9-14(13)16(2)11-12-6-5-7-12/h3-4,8-9,12,15H,5-7,10-11H2,1-2H3. The third kappa shape index (κ3) is 2.56. The molecule has 2 heteroatoms. The molecule has 0 unspecified atom stereocenters. The van der Waals surface area contributed by atoms with E-state index in [1.807, 2.05) is 7.05 Å². The number of nitrogens with zero attached hydrogens (tertiary/aromatic N) is 1. The molecule has 0 amide bonds. The fourth-order valence-electron chi connectivity index (χ4n) is 2.38. The first kappa shape index (κ1) is 11.5. The number of para-hydroxylation sites is 1. The van der Waals surface area contributed by atoms with E-state index in [-0.39, 0.29) is 0 Å². The lowest BCUT2D eigenvalue weighted by Crippen LogP contribution is -2.30. The molecule has 1 saturated carbocycles. The van der Waals surface area contributed by atoms with Crippen molar-refractivity contribution in [1.82, 2.24) is 5.32 Å². The molecule has 2 rings (SSSR count). The molecular weight excluding hydrogens is 196 g/mol. The van der Waals surface area contributed by atoms with Gasteiger partial charge in [0.25, 0.3) is 0 Å². The van der Waals surface area contributed by atoms with Crippen LogP contribution in [0, 0.1) is 5.92 Å². The van der Waals surface area contributed by atoms with E-state index in [1.165, 1.54) is 37.1 Å². The topological polar surface area (TPSA) is 15.3 Å². The first-order valence-corrected chi connectivity index (χ1v) is 6.25. The van der Waals surface area contributed by atoms with Gasteiger partial charge in [0.05, 0.1) is 0 Å². The van der Waals surface area contributed by atoms with Gasteiger partial charge >= 0.3 is 0 Å². The Labute approximate surface area is 98.7 Å². The largest absolute Gasteiger partial charge is 0.374 e. The molecule has 0 atom stereocenters. The van der Waals surface area contributed by atoms with Crippen LogP contribution in [0.5, 0.6) is 0 Å². The molecule has 0 saturated heterocycles. The van der Waals surface area contributed by atoms with Gasteiger partial charge in [-0.3, -0.25) is 0 Å². The second-order valence-electron chi connectivity index (χ2n) is 4.84. The van der Waals surface area contributed by atoms with Gasteiger partial charge in [0.2, 0.25) is 0 Å². The molecule has 1 aromatic rings. The Bertz CT molecular complexity index is 331. The zero-order valence-electron chi connectivity index (χ0n) is 10.4. The molecule has 1 aliphatic rings. The fourth-order valence-corrected chi connectivity index (χ4v) is 2.38. The Morgan fingerprint density at radius 1 is 1.31 bits per heavy atom. The minimum absolute atomic E-state index is 0.924. The summed E-state index contributed by atoms with van der Waals surface area (Å²) in [6, 6.07) is 8.69. The number of nitrogens with one attached hydrogen (secondary N) is 1. The molecule has 0 heterocycles. The van der Waals surface area contributed by atoms with Crippen LogP contribution < -0.4 is 10.2 Å². The van der Waals surface area contributed by atoms with Gasteiger partial charge in [-0.15, -0.1) is 0 Å². The third-order valence-corrected chi connectivity index (χ3v) is 3.53. The van der Waals surface area contributed by atoms with Gasteiger partial charge in [0.15, 0.2) is 0 Å². The quantitative estimate of drug-likeness (QED) is 0.817. The van der Waals surface area contributed by atoms with Gasteiger partial charge in [0, 0.05) is 25.8 Å². The minimum Gasteiger partial charge on any atom is -0.374 e. The van der Waals surface area contributed by atoms with Gasteiger partial charge in [-0.2, -0.15) is 0 Å². The average Bonchev–Trinajstić information content (AvgIpc) is 2.24. The van der Waals surface area contributed by atoms with E-state index in [4.69, 9.17) is 0 Å². The lowest BCUT2D eigenvalue weighted by molar-refractivity contribution is 0.321. The van der Waals surface area contributed by atoms with Crippen molar-refractivity contribution in [2.24, 2.45) is 5.92 Å². The smallest absolute Gasteiger partial charge is 0.0409 e. The van der Waals surface area contributed by atoms with Crippen molar-refractivity contribution in [1.29, 1.82) is 0 Å². The zero-order chi connectivity index (χ0) is 11.4. The normalized spacial score (nSPS) is 15.9. The Morgan fingerprint density at radius 2 is 2.06 bits per heavy atom. The van der Waals surface area contributed by atoms with E-state index >= 15 is 0 Å². The summed E-state index contributed by atoms with van der Waals surface area (Å²) in [7, 11) is 4.22. The molecular formula is C14H22N2. The van der Waals surface area contributed by atoms with Gasteiger partial charge in [-0.1, -0.05) is 24.6 Å². The molecule has 1 aromatic carbocycles. The Morgan fingerprint density at radius 3 is 2.69 bits per heavy atom. The van der Waals surface area contributed by atoms with Gasteiger partial charge in [-0.25, -0.2) is 0 Å². The molecule has 2 nitrogen and oxygen atoms in total. The summed E-state index contributed by atoms with van der Waals surface area (Å²) in [6.07, 6.45) is 4.26. The van der Waals surface area contributed by atoms with E-state index in [9.17, 15) is 0 Å². The average molecular weight is 218 g/mol. The highest BCUT2D eigenvalue weighted by atomic mass is 15.1. The summed E-state index contributed by atoms with van der Waals surface area (Å²) in [5, 5.41) is 3.23. The monoisotopic (exact) mass is 218 g/mol. The molecule has 1 N–H and O–H groups in total. The molecule has 1 aliphatic carbocycles. The van der Waals surface area contributed by atoms with Crippen molar-refractivity contribution in [3.63, 3.8) is 0 Å². The van der Waals surface area contributed by atoms with E-state index < -0.39 is 0 Å². The molecule has 88 valence electrons. The molecule has 0 spiro atoms. The fraction of sp³-hybridized carbons (Fsp3) is 0.571. The Balaban J connectivity index is 2.04. The second-order valence-corrected chi connectivity index (χ2v) is 4.84. The summed E-state index contributed by atoms with van der Waals surface area (Å²) in [5.41, 5.74) is 2.77. The highest BCUT2D eigenvalue weighted by Crippen LogP contribution is 2.29. The molecule has 1 fully saturated rings. The first-order chi connectivity index (χ1) is 7.81. The maximum Gasteiger partial charge on any atom is 0.0409 e. The number of rotatable bonds is 5. The second kappa shape index (κ2) is 5.35. The van der Waals surface area contributed by atoms with Crippen molar-refractivity contribution in [3.05, 3.63) is 29.8 Å². The number of hydrogen-bond donors (Lipinski definition) is 1. The molecule has 0 radical (unpaired) electrons. The van der Waals surface area contributed by atoms with E-state index in [2.05, 4.69) is 41.5 Å². The SMILES string of the molecule is CNCc1ccccc1N(C)CC1CCC1. The minimum atomic E-state index is 0.924. The van der Waals surface area contributed by atoms with Crippen LogP contribution in [0.2, 0.25) is 0 Å². The van der Waals surface area contributed by atoms with Crippen LogP contribution in [0.4, 0.5) is 5.69 Å². The Hall–Kier alpha value is -1.02. The van der Waals surface area contributed by atoms with Crippen LogP contribution in [0.3, 0.4) is 0 Å². The maximum atomic E-state index is 3.23. The van der Waals surface area contributed by atoms with Crippen LogP contribution in [-0.4, -0.2) is 20.6 Å². The molecule has 0 bridgehead atoms. The van der Waals surface area contributed by atoms with Crippen LogP contribution in [0.15, 0.2) is 24.3 Å². The van der Waals surface area contributed by atoms with Crippen molar-refractivity contribution in [2.45, 2.75) is 25.8 Å². The van der Waals surface area contributed by atoms with E-state index in [0.717, 1.165) is 12.5 Å². The Kier molecular flexibility index (Phi) is 3.83. The predicted octanol–water partition coefficient (Wildman–Crippen LogP) is 2.64. The predicted molar refractivity (Wildman–Crippen MR) is 69.8 cm³/mol. The van der Waals surface area contributed by atoms with E-state index in [1.54, 1.807) is 0 Å². The summed E-state index contributed by atoms with van der Waals surface area (Å²) >= 11 is 0.